The third-order valence-electron chi connectivity index (χ3n) is 2.79. The maximum Gasteiger partial charge on any atom is 0.417 e. The van der Waals surface area contributed by atoms with Crippen molar-refractivity contribution in [2.24, 2.45) is 0 Å². The van der Waals surface area contributed by atoms with Crippen LogP contribution in [0, 0.1) is 0 Å². The molecule has 0 spiro atoms. The number of rotatable bonds is 4. The Kier molecular flexibility index (Phi) is 5.03. The average molecular weight is 347 g/mol. The molecule has 0 fully saturated rings. The van der Waals surface area contributed by atoms with E-state index in [4.69, 9.17) is 16.7 Å². The summed E-state index contributed by atoms with van der Waals surface area (Å²) in [5.41, 5.74) is -0.363. The first kappa shape index (κ1) is 16.7. The van der Waals surface area contributed by atoms with Gasteiger partial charge in [0.25, 0.3) is 0 Å². The Labute approximate surface area is 133 Å². The van der Waals surface area contributed by atoms with Gasteiger partial charge in [-0.1, -0.05) is 41.6 Å². The number of hydrogen-bond donors (Lipinski definition) is 1. The van der Waals surface area contributed by atoms with E-state index in [9.17, 15) is 18.0 Å². The molecule has 0 bridgehead atoms. The second kappa shape index (κ2) is 6.62. The van der Waals surface area contributed by atoms with Crippen molar-refractivity contribution in [3.05, 3.63) is 58.6 Å². The third-order valence-corrected chi connectivity index (χ3v) is 4.22. The lowest BCUT2D eigenvalue weighted by Crippen LogP contribution is -2.05. The van der Waals surface area contributed by atoms with E-state index in [1.807, 2.05) is 0 Å². The van der Waals surface area contributed by atoms with Gasteiger partial charge in [0.1, 0.15) is 0 Å². The summed E-state index contributed by atoms with van der Waals surface area (Å²) in [6.45, 7) is 0. The first-order valence-electron chi connectivity index (χ1n) is 6.11. The quantitative estimate of drug-likeness (QED) is 0.833. The monoisotopic (exact) mass is 346 g/mol. The molecule has 0 saturated carbocycles. The highest BCUT2D eigenvalue weighted by Gasteiger charge is 2.33. The van der Waals surface area contributed by atoms with E-state index in [2.05, 4.69) is 0 Å². The van der Waals surface area contributed by atoms with Gasteiger partial charge in [-0.3, -0.25) is 4.79 Å². The van der Waals surface area contributed by atoms with Gasteiger partial charge in [0.2, 0.25) is 0 Å². The molecule has 0 amide bonds. The Morgan fingerprint density at radius 3 is 2.50 bits per heavy atom. The maximum atomic E-state index is 12.8. The zero-order valence-electron chi connectivity index (χ0n) is 11.0. The van der Waals surface area contributed by atoms with Crippen LogP contribution in [-0.2, 0) is 17.4 Å². The zero-order valence-corrected chi connectivity index (χ0v) is 12.6. The van der Waals surface area contributed by atoms with Crippen molar-refractivity contribution >= 4 is 29.3 Å². The van der Waals surface area contributed by atoms with Gasteiger partial charge in [-0.25, -0.2) is 0 Å². The van der Waals surface area contributed by atoms with Crippen LogP contribution in [0.25, 0.3) is 0 Å². The topological polar surface area (TPSA) is 37.3 Å². The number of carbonyl (C=O) groups is 1. The Balaban J connectivity index is 2.34. The zero-order chi connectivity index (χ0) is 16.3. The normalized spacial score (nSPS) is 11.5. The van der Waals surface area contributed by atoms with Crippen molar-refractivity contribution in [3.63, 3.8) is 0 Å². The van der Waals surface area contributed by atoms with Crippen LogP contribution in [0.2, 0.25) is 5.02 Å². The summed E-state index contributed by atoms with van der Waals surface area (Å²) in [7, 11) is 0. The Bertz CT molecular complexity index is 701. The number of halogens is 4. The van der Waals surface area contributed by atoms with Crippen LogP contribution in [0.1, 0.15) is 11.1 Å². The highest BCUT2D eigenvalue weighted by Crippen LogP contribution is 2.39. The number of carboxylic acid groups (broad SMARTS) is 1. The summed E-state index contributed by atoms with van der Waals surface area (Å²) in [5.74, 6) is -1.000. The van der Waals surface area contributed by atoms with Crippen molar-refractivity contribution in [3.8, 4) is 0 Å². The van der Waals surface area contributed by atoms with Crippen molar-refractivity contribution in [2.75, 3.05) is 0 Å². The van der Waals surface area contributed by atoms with Crippen LogP contribution in [0.15, 0.2) is 52.3 Å². The molecule has 2 aromatic rings. The van der Waals surface area contributed by atoms with Crippen LogP contribution < -0.4 is 0 Å². The largest absolute Gasteiger partial charge is 0.481 e. The van der Waals surface area contributed by atoms with Crippen molar-refractivity contribution < 1.29 is 23.1 Å². The summed E-state index contributed by atoms with van der Waals surface area (Å²) in [6.07, 6.45) is -4.73. The molecule has 0 aromatic heterocycles. The molecule has 2 aromatic carbocycles. The van der Waals surface area contributed by atoms with Gasteiger partial charge in [0, 0.05) is 9.79 Å². The van der Waals surface area contributed by atoms with Gasteiger partial charge in [-0.05, 0) is 29.8 Å². The summed E-state index contributed by atoms with van der Waals surface area (Å²) >= 11 is 6.65. The predicted octanol–water partition coefficient (Wildman–Crippen LogP) is 5.14. The number of hydrogen-bond acceptors (Lipinski definition) is 2. The molecule has 0 saturated heterocycles. The van der Waals surface area contributed by atoms with Crippen molar-refractivity contribution in [2.45, 2.75) is 22.4 Å². The molecule has 0 aliphatic heterocycles. The van der Waals surface area contributed by atoms with Gasteiger partial charge in [-0.2, -0.15) is 13.2 Å². The lowest BCUT2D eigenvalue weighted by atomic mass is 10.1. The molecular weight excluding hydrogens is 337 g/mol. The summed E-state index contributed by atoms with van der Waals surface area (Å²) in [5, 5.41) is 8.50. The van der Waals surface area contributed by atoms with Gasteiger partial charge >= 0.3 is 12.1 Å². The standard InChI is InChI=1S/C15H10ClF3O2S/c16-12-6-5-10(8-11(12)15(17,18)19)22-13-4-2-1-3-9(13)7-14(20)21/h1-6,8H,7H2,(H,20,21). The fourth-order valence-electron chi connectivity index (χ4n) is 1.82. The Hall–Kier alpha value is -1.66. The minimum absolute atomic E-state index is 0.192. The number of benzene rings is 2. The fraction of sp³-hybridized carbons (Fsp3) is 0.133. The first-order chi connectivity index (χ1) is 10.3. The van der Waals surface area contributed by atoms with E-state index in [1.165, 1.54) is 12.1 Å². The lowest BCUT2D eigenvalue weighted by Gasteiger charge is -2.12. The number of alkyl halides is 3. The van der Waals surface area contributed by atoms with E-state index in [-0.39, 0.29) is 11.4 Å². The van der Waals surface area contributed by atoms with Crippen LogP contribution in [0.4, 0.5) is 13.2 Å². The highest BCUT2D eigenvalue weighted by molar-refractivity contribution is 7.99. The molecule has 22 heavy (non-hydrogen) atoms. The molecular formula is C15H10ClF3O2S. The van der Waals surface area contributed by atoms with Crippen LogP contribution in [0.3, 0.4) is 0 Å². The molecule has 0 atom stereocenters. The SMILES string of the molecule is O=C(O)Cc1ccccc1Sc1ccc(Cl)c(C(F)(F)F)c1. The van der Waals surface area contributed by atoms with Crippen molar-refractivity contribution in [1.29, 1.82) is 0 Å². The highest BCUT2D eigenvalue weighted by atomic mass is 35.5. The summed E-state index contributed by atoms with van der Waals surface area (Å²) in [6, 6.07) is 10.3. The molecule has 1 N–H and O–H groups in total. The van der Waals surface area contributed by atoms with Gasteiger partial charge < -0.3 is 5.11 Å². The number of carboxylic acids is 1. The molecule has 2 rings (SSSR count). The van der Waals surface area contributed by atoms with Gasteiger partial charge in [-0.15, -0.1) is 0 Å². The van der Waals surface area contributed by atoms with Crippen LogP contribution in [-0.4, -0.2) is 11.1 Å². The molecule has 0 unspecified atom stereocenters. The lowest BCUT2D eigenvalue weighted by molar-refractivity contribution is -0.138. The summed E-state index contributed by atoms with van der Waals surface area (Å²) in [4.78, 5) is 11.8. The van der Waals surface area contributed by atoms with Crippen molar-refractivity contribution in [1.82, 2.24) is 0 Å². The fourth-order valence-corrected chi connectivity index (χ4v) is 3.03. The van der Waals surface area contributed by atoms with E-state index >= 15 is 0 Å². The average Bonchev–Trinajstić information content (AvgIpc) is 2.41. The minimum atomic E-state index is -4.53. The van der Waals surface area contributed by atoms with Gasteiger partial charge in [0.15, 0.2) is 0 Å². The molecule has 0 aliphatic carbocycles. The van der Waals surface area contributed by atoms with E-state index in [0.29, 0.717) is 15.4 Å². The second-order valence-corrected chi connectivity index (χ2v) is 5.94. The maximum absolute atomic E-state index is 12.8. The van der Waals surface area contributed by atoms with E-state index in [1.54, 1.807) is 24.3 Å². The predicted molar refractivity (Wildman–Crippen MR) is 78.4 cm³/mol. The summed E-state index contributed by atoms with van der Waals surface area (Å²) < 4.78 is 38.5. The van der Waals surface area contributed by atoms with E-state index < -0.39 is 17.7 Å². The Morgan fingerprint density at radius 2 is 1.86 bits per heavy atom. The first-order valence-corrected chi connectivity index (χ1v) is 7.31. The van der Waals surface area contributed by atoms with Crippen LogP contribution >= 0.6 is 23.4 Å². The van der Waals surface area contributed by atoms with Gasteiger partial charge in [0.05, 0.1) is 17.0 Å². The van der Waals surface area contributed by atoms with Crippen LogP contribution in [0.5, 0.6) is 0 Å². The Morgan fingerprint density at radius 1 is 1.18 bits per heavy atom. The van der Waals surface area contributed by atoms with E-state index in [0.717, 1.165) is 17.8 Å². The molecule has 116 valence electrons. The smallest absolute Gasteiger partial charge is 0.417 e. The molecule has 7 heteroatoms. The molecule has 0 aliphatic rings. The second-order valence-electron chi connectivity index (χ2n) is 4.42. The molecule has 0 radical (unpaired) electrons. The number of aliphatic carboxylic acids is 1. The minimum Gasteiger partial charge on any atom is -0.481 e. The molecule has 0 heterocycles. The third kappa shape index (κ3) is 4.18. The molecule has 2 nitrogen and oxygen atoms in total.